The summed E-state index contributed by atoms with van der Waals surface area (Å²) in [6, 6.07) is 14.3. The lowest BCUT2D eigenvalue weighted by Crippen LogP contribution is -2.31. The molecule has 0 amide bonds. The van der Waals surface area contributed by atoms with Crippen LogP contribution in [0.3, 0.4) is 0 Å². The van der Waals surface area contributed by atoms with E-state index in [1.807, 2.05) is 76.0 Å². The maximum absolute atomic E-state index is 4.64. The van der Waals surface area contributed by atoms with E-state index in [1.165, 1.54) is 0 Å². The molecule has 1 N–H and O–H groups in total. The van der Waals surface area contributed by atoms with Crippen LogP contribution in [0.5, 0.6) is 0 Å². The van der Waals surface area contributed by atoms with Crippen LogP contribution in [-0.2, 0) is 6.42 Å². The Kier molecular flexibility index (Phi) is 6.27. The topological polar surface area (TPSA) is 43.8 Å². The lowest BCUT2D eigenvalue weighted by Gasteiger charge is -2.28. The molecule has 0 radical (unpaired) electrons. The van der Waals surface area contributed by atoms with E-state index >= 15 is 0 Å². The second-order valence-electron chi connectivity index (χ2n) is 6.74. The monoisotopic (exact) mass is 373 g/mol. The number of hydrogen-bond acceptors (Lipinski definition) is 5. The maximum atomic E-state index is 4.64. The molecule has 2 aromatic rings. The van der Waals surface area contributed by atoms with Gasteiger partial charge in [-0.1, -0.05) is 36.9 Å². The first kappa shape index (κ1) is 19.4. The van der Waals surface area contributed by atoms with E-state index in [2.05, 4.69) is 43.8 Å². The van der Waals surface area contributed by atoms with Crippen molar-refractivity contribution in [1.82, 2.24) is 15.2 Å². The van der Waals surface area contributed by atoms with E-state index in [0.29, 0.717) is 0 Å². The van der Waals surface area contributed by atoms with Crippen molar-refractivity contribution in [2.75, 3.05) is 32.6 Å². The van der Waals surface area contributed by atoms with Gasteiger partial charge in [0.1, 0.15) is 11.6 Å². The highest BCUT2D eigenvalue weighted by atomic mass is 15.3. The second-order valence-corrected chi connectivity index (χ2v) is 6.74. The van der Waals surface area contributed by atoms with Gasteiger partial charge in [0, 0.05) is 69.0 Å². The number of pyridine rings is 1. The predicted octanol–water partition coefficient (Wildman–Crippen LogP) is 3.69. The van der Waals surface area contributed by atoms with E-state index in [4.69, 9.17) is 0 Å². The van der Waals surface area contributed by atoms with Crippen molar-refractivity contribution in [3.63, 3.8) is 0 Å². The maximum Gasteiger partial charge on any atom is 0.141 e. The molecule has 0 unspecified atom stereocenters. The number of aromatic nitrogens is 1. The third-order valence-electron chi connectivity index (χ3n) is 4.64. The number of aliphatic imine (C=N–C) groups is 1. The molecule has 5 nitrogen and oxygen atoms in total. The Labute approximate surface area is 167 Å². The highest BCUT2D eigenvalue weighted by Gasteiger charge is 2.18. The lowest BCUT2D eigenvalue weighted by molar-refractivity contribution is 0.462. The largest absolute Gasteiger partial charge is 0.377 e. The van der Waals surface area contributed by atoms with Gasteiger partial charge in [-0.3, -0.25) is 4.98 Å². The molecule has 0 aliphatic carbocycles. The molecule has 0 spiro atoms. The zero-order valence-corrected chi connectivity index (χ0v) is 16.8. The molecular weight excluding hydrogens is 346 g/mol. The third kappa shape index (κ3) is 4.31. The minimum absolute atomic E-state index is 0.798. The van der Waals surface area contributed by atoms with E-state index in [1.54, 1.807) is 0 Å². The Balaban J connectivity index is 1.82. The summed E-state index contributed by atoms with van der Waals surface area (Å²) in [4.78, 5) is 13.2. The number of para-hydroxylation sites is 1. The summed E-state index contributed by atoms with van der Waals surface area (Å²) in [6.45, 7) is 4.85. The van der Waals surface area contributed by atoms with Gasteiger partial charge in [0.05, 0.1) is 0 Å². The van der Waals surface area contributed by atoms with Gasteiger partial charge in [-0.05, 0) is 24.3 Å². The minimum Gasteiger partial charge on any atom is -0.377 e. The average molecular weight is 374 g/mol. The number of nitrogens with one attached hydrogen (secondary N) is 1. The Morgan fingerprint density at radius 1 is 1.18 bits per heavy atom. The van der Waals surface area contributed by atoms with Crippen molar-refractivity contribution < 1.29 is 0 Å². The van der Waals surface area contributed by atoms with E-state index in [9.17, 15) is 0 Å². The molecule has 28 heavy (non-hydrogen) atoms. The fraction of sp³-hybridized carbons (Fsp3) is 0.217. The van der Waals surface area contributed by atoms with Crippen molar-refractivity contribution in [3.8, 4) is 0 Å². The minimum atomic E-state index is 0.798. The number of nitrogens with zero attached hydrogens (tertiary/aromatic N) is 4. The summed E-state index contributed by atoms with van der Waals surface area (Å²) in [5.41, 5.74) is 4.31. The fourth-order valence-electron chi connectivity index (χ4n) is 3.20. The molecule has 2 heterocycles. The Morgan fingerprint density at radius 2 is 1.96 bits per heavy atom. The number of rotatable bonds is 7. The fourth-order valence-corrected chi connectivity index (χ4v) is 3.20. The van der Waals surface area contributed by atoms with E-state index in [0.717, 1.165) is 47.1 Å². The van der Waals surface area contributed by atoms with Crippen LogP contribution < -0.4 is 10.2 Å². The molecule has 1 aromatic carbocycles. The predicted molar refractivity (Wildman–Crippen MR) is 118 cm³/mol. The lowest BCUT2D eigenvalue weighted by atomic mass is 10.0. The zero-order chi connectivity index (χ0) is 19.9. The Bertz CT molecular complexity index is 910. The first-order chi connectivity index (χ1) is 13.6. The van der Waals surface area contributed by atoms with Gasteiger partial charge in [-0.15, -0.1) is 0 Å². The smallest absolute Gasteiger partial charge is 0.141 e. The third-order valence-corrected chi connectivity index (χ3v) is 4.64. The normalized spacial score (nSPS) is 15.1. The average Bonchev–Trinajstić information content (AvgIpc) is 2.72. The highest BCUT2D eigenvalue weighted by molar-refractivity contribution is 5.86. The zero-order valence-electron chi connectivity index (χ0n) is 16.8. The molecular formula is C23H27N5. The van der Waals surface area contributed by atoms with E-state index < -0.39 is 0 Å². The Morgan fingerprint density at radius 3 is 2.68 bits per heavy atom. The van der Waals surface area contributed by atoms with Crippen molar-refractivity contribution in [2.45, 2.75) is 6.42 Å². The van der Waals surface area contributed by atoms with Gasteiger partial charge >= 0.3 is 0 Å². The van der Waals surface area contributed by atoms with Crippen LogP contribution in [-0.4, -0.2) is 43.8 Å². The number of hydrogen-bond donors (Lipinski definition) is 1. The summed E-state index contributed by atoms with van der Waals surface area (Å²) in [5.74, 6) is 1.87. The first-order valence-electron chi connectivity index (χ1n) is 9.37. The van der Waals surface area contributed by atoms with Gasteiger partial charge in [0.25, 0.3) is 0 Å². The molecule has 0 saturated heterocycles. The summed E-state index contributed by atoms with van der Waals surface area (Å²) >= 11 is 0. The molecule has 144 valence electrons. The number of anilines is 1. The standard InChI is InChI=1S/C23H27N5/c1-5-19(20-11-6-7-12-21(20)27(2)3)23-26-17-14-22(28(23)4)25-16-13-18-10-8-9-15-24-18/h5-12,14-15,17,25H,1,13,16H2,2-4H3/b23-19+. The van der Waals surface area contributed by atoms with Gasteiger partial charge in [-0.2, -0.15) is 0 Å². The van der Waals surface area contributed by atoms with E-state index in [-0.39, 0.29) is 0 Å². The van der Waals surface area contributed by atoms with Crippen molar-refractivity contribution >= 4 is 17.5 Å². The summed E-state index contributed by atoms with van der Waals surface area (Å²) in [5, 5.41) is 3.49. The SMILES string of the molecule is C=C/C(=C1/N=CC=C(NCCc2ccccn2)N1C)c1ccccc1N(C)C. The molecule has 1 aromatic heterocycles. The molecule has 5 heteroatoms. The van der Waals surface area contributed by atoms with Gasteiger partial charge < -0.3 is 15.1 Å². The van der Waals surface area contributed by atoms with Crippen LogP contribution in [0.25, 0.3) is 5.57 Å². The van der Waals surface area contributed by atoms with Gasteiger partial charge in [0.2, 0.25) is 0 Å². The van der Waals surface area contributed by atoms with Crippen LogP contribution in [0, 0.1) is 0 Å². The van der Waals surface area contributed by atoms with Gasteiger partial charge in [-0.25, -0.2) is 4.99 Å². The number of benzene rings is 1. The first-order valence-corrected chi connectivity index (χ1v) is 9.37. The summed E-state index contributed by atoms with van der Waals surface area (Å²) < 4.78 is 0. The van der Waals surface area contributed by atoms with Crippen LogP contribution >= 0.6 is 0 Å². The van der Waals surface area contributed by atoms with Crippen LogP contribution in [0.1, 0.15) is 11.3 Å². The Hall–Kier alpha value is -3.34. The summed E-state index contributed by atoms with van der Waals surface area (Å²) in [7, 11) is 6.11. The van der Waals surface area contributed by atoms with Crippen molar-refractivity contribution in [3.05, 3.63) is 90.3 Å². The quantitative estimate of drug-likeness (QED) is 0.804. The molecule has 1 aliphatic rings. The van der Waals surface area contributed by atoms with Crippen LogP contribution in [0.15, 0.2) is 84.0 Å². The molecule has 0 saturated carbocycles. The number of allylic oxidation sites excluding steroid dienone is 3. The van der Waals surface area contributed by atoms with Crippen molar-refractivity contribution in [1.29, 1.82) is 0 Å². The molecule has 0 bridgehead atoms. The van der Waals surface area contributed by atoms with Crippen LogP contribution in [0.4, 0.5) is 5.69 Å². The van der Waals surface area contributed by atoms with Gasteiger partial charge in [0.15, 0.2) is 0 Å². The van der Waals surface area contributed by atoms with Crippen molar-refractivity contribution in [2.24, 2.45) is 4.99 Å². The summed E-state index contributed by atoms with van der Waals surface area (Å²) in [6.07, 6.45) is 8.39. The highest BCUT2D eigenvalue weighted by Crippen LogP contribution is 2.31. The molecule has 0 fully saturated rings. The molecule has 1 aliphatic heterocycles. The van der Waals surface area contributed by atoms with Crippen LogP contribution in [0.2, 0.25) is 0 Å². The molecule has 3 rings (SSSR count). The second kappa shape index (κ2) is 9.04. The molecule has 0 atom stereocenters.